The number of anilines is 3. The lowest BCUT2D eigenvalue weighted by atomic mass is 10.2. The van der Waals surface area contributed by atoms with Crippen LogP contribution in [0, 0.1) is 17.7 Å². The molecule has 1 aromatic heterocycles. The fourth-order valence-corrected chi connectivity index (χ4v) is 3.45. The van der Waals surface area contributed by atoms with Crippen LogP contribution in [-0.2, 0) is 16.1 Å². The lowest BCUT2D eigenvalue weighted by molar-refractivity contribution is -0.121. The van der Waals surface area contributed by atoms with Gasteiger partial charge in [-0.15, -0.1) is 0 Å². The third-order valence-electron chi connectivity index (χ3n) is 4.81. The Hall–Kier alpha value is -3.47. The molecule has 186 valence electrons. The van der Waals surface area contributed by atoms with Crippen molar-refractivity contribution in [2.24, 2.45) is 11.8 Å². The van der Waals surface area contributed by atoms with Crippen molar-refractivity contribution in [2.75, 3.05) is 42.6 Å². The molecule has 1 aromatic carbocycles. The van der Waals surface area contributed by atoms with E-state index in [1.54, 1.807) is 13.1 Å². The Bertz CT molecular complexity index is 1140. The molecule has 1 heterocycles. The third-order valence-corrected chi connectivity index (χ3v) is 4.81. The van der Waals surface area contributed by atoms with Gasteiger partial charge in [-0.1, -0.05) is 33.8 Å². The van der Waals surface area contributed by atoms with Crippen LogP contribution in [0.1, 0.15) is 27.7 Å². The quantitative estimate of drug-likeness (QED) is 0.476. The number of likely N-dealkylation sites (N-methyl/N-ethyl adjacent to an activating group) is 1. The van der Waals surface area contributed by atoms with Gasteiger partial charge in [0.2, 0.25) is 11.8 Å². The number of rotatable bonds is 10. The Balaban J connectivity index is 2.23. The molecule has 0 aliphatic carbocycles. The number of nitrogens with zero attached hydrogens (tertiary/aromatic N) is 3. The van der Waals surface area contributed by atoms with Crippen molar-refractivity contribution < 1.29 is 14.0 Å². The zero-order valence-corrected chi connectivity index (χ0v) is 20.2. The monoisotopic (exact) mass is 476 g/mol. The molecule has 0 fully saturated rings. The minimum atomic E-state index is -0.747. The number of amides is 2. The number of nitrogens with two attached hydrogens (primary N) is 1. The van der Waals surface area contributed by atoms with E-state index in [1.165, 1.54) is 32.6 Å². The Morgan fingerprint density at radius 2 is 1.82 bits per heavy atom. The van der Waals surface area contributed by atoms with Crippen molar-refractivity contribution in [3.05, 3.63) is 50.9 Å². The summed E-state index contributed by atoms with van der Waals surface area (Å²) in [5.41, 5.74) is 5.03. The lowest BCUT2D eigenvalue weighted by Gasteiger charge is -2.28. The normalized spacial score (nSPS) is 11.3. The molecule has 0 unspecified atom stereocenters. The largest absolute Gasteiger partial charge is 0.383 e. The smallest absolute Gasteiger partial charge is 0.330 e. The van der Waals surface area contributed by atoms with Crippen LogP contribution in [0.3, 0.4) is 0 Å². The van der Waals surface area contributed by atoms with Gasteiger partial charge in [-0.05, 0) is 37.1 Å². The number of hydrogen-bond acceptors (Lipinski definition) is 6. The first-order valence-electron chi connectivity index (χ1n) is 11.1. The second kappa shape index (κ2) is 11.6. The van der Waals surface area contributed by atoms with Crippen molar-refractivity contribution in [3.8, 4) is 0 Å². The van der Waals surface area contributed by atoms with Crippen LogP contribution in [0.25, 0.3) is 0 Å². The topological polar surface area (TPSA) is 134 Å². The summed E-state index contributed by atoms with van der Waals surface area (Å²) in [6.45, 7) is 7.69. The van der Waals surface area contributed by atoms with Crippen LogP contribution in [0.5, 0.6) is 0 Å². The second-order valence-electron chi connectivity index (χ2n) is 9.13. The number of benzene rings is 1. The molecule has 4 N–H and O–H groups in total. The lowest BCUT2D eigenvalue weighted by Crippen LogP contribution is -2.47. The Morgan fingerprint density at radius 3 is 2.41 bits per heavy atom. The predicted molar refractivity (Wildman–Crippen MR) is 130 cm³/mol. The van der Waals surface area contributed by atoms with Crippen LogP contribution >= 0.6 is 0 Å². The SMILES string of the molecule is CC(C)CN(C(=O)CN(C)CC(=O)Nc1cccc(F)c1)c1c(N)n(CC(C)C)c(=O)[nH]c1=O. The Kier molecular flexibility index (Phi) is 9.13. The van der Waals surface area contributed by atoms with E-state index < -0.39 is 28.9 Å². The van der Waals surface area contributed by atoms with Gasteiger partial charge in [0.25, 0.3) is 5.56 Å². The van der Waals surface area contributed by atoms with E-state index in [-0.39, 0.29) is 49.5 Å². The highest BCUT2D eigenvalue weighted by molar-refractivity contribution is 5.97. The van der Waals surface area contributed by atoms with Gasteiger partial charge in [0.05, 0.1) is 13.1 Å². The summed E-state index contributed by atoms with van der Waals surface area (Å²) in [5.74, 6) is -1.37. The summed E-state index contributed by atoms with van der Waals surface area (Å²) in [7, 11) is 1.57. The number of H-pyrrole nitrogens is 1. The summed E-state index contributed by atoms with van der Waals surface area (Å²) < 4.78 is 14.6. The molecule has 0 saturated carbocycles. The molecule has 34 heavy (non-hydrogen) atoms. The van der Waals surface area contributed by atoms with Gasteiger partial charge in [0.15, 0.2) is 5.69 Å². The summed E-state index contributed by atoms with van der Waals surface area (Å²) >= 11 is 0. The number of halogens is 1. The molecule has 0 saturated heterocycles. The summed E-state index contributed by atoms with van der Waals surface area (Å²) in [4.78, 5) is 55.4. The second-order valence-corrected chi connectivity index (χ2v) is 9.13. The molecule has 0 spiro atoms. The molecule has 2 rings (SSSR count). The number of aromatic nitrogens is 2. The van der Waals surface area contributed by atoms with Crippen molar-refractivity contribution in [1.82, 2.24) is 14.5 Å². The van der Waals surface area contributed by atoms with Crippen LogP contribution in [0.15, 0.2) is 33.9 Å². The number of nitrogen functional groups attached to an aromatic ring is 1. The molecule has 11 heteroatoms. The molecular weight excluding hydrogens is 443 g/mol. The van der Waals surface area contributed by atoms with E-state index in [4.69, 9.17) is 5.73 Å². The van der Waals surface area contributed by atoms with Gasteiger partial charge >= 0.3 is 5.69 Å². The molecule has 0 radical (unpaired) electrons. The maximum absolute atomic E-state index is 13.3. The van der Waals surface area contributed by atoms with Gasteiger partial charge in [-0.2, -0.15) is 0 Å². The Labute approximate surface area is 197 Å². The summed E-state index contributed by atoms with van der Waals surface area (Å²) in [6, 6.07) is 5.48. The molecule has 2 amide bonds. The van der Waals surface area contributed by atoms with E-state index in [0.29, 0.717) is 5.69 Å². The first kappa shape index (κ1) is 26.8. The van der Waals surface area contributed by atoms with E-state index >= 15 is 0 Å². The summed E-state index contributed by atoms with van der Waals surface area (Å²) in [5, 5.41) is 2.57. The minimum absolute atomic E-state index is 0.00481. The van der Waals surface area contributed by atoms with Crippen molar-refractivity contribution in [3.63, 3.8) is 0 Å². The van der Waals surface area contributed by atoms with E-state index in [2.05, 4.69) is 10.3 Å². The number of nitrogens with one attached hydrogen (secondary N) is 2. The molecule has 0 aliphatic rings. The van der Waals surface area contributed by atoms with Crippen LogP contribution in [0.4, 0.5) is 21.6 Å². The zero-order valence-electron chi connectivity index (χ0n) is 20.2. The standard InChI is InChI=1S/C23H33FN6O4/c1-14(2)10-29(20-21(25)30(11-15(3)4)23(34)27-22(20)33)19(32)13-28(5)12-18(31)26-17-8-6-7-16(24)9-17/h6-9,14-15H,10-13,25H2,1-5H3,(H,26,31)(H,27,33,34). The number of carbonyl (C=O) groups is 2. The Morgan fingerprint density at radius 1 is 1.15 bits per heavy atom. The van der Waals surface area contributed by atoms with Gasteiger partial charge in [-0.3, -0.25) is 28.8 Å². The highest BCUT2D eigenvalue weighted by Gasteiger charge is 2.26. The predicted octanol–water partition coefficient (Wildman–Crippen LogP) is 1.47. The third kappa shape index (κ3) is 7.27. The van der Waals surface area contributed by atoms with Crippen molar-refractivity contribution >= 4 is 29.0 Å². The maximum atomic E-state index is 13.3. The van der Waals surface area contributed by atoms with Gasteiger partial charge in [0.1, 0.15) is 11.6 Å². The highest BCUT2D eigenvalue weighted by atomic mass is 19.1. The fraction of sp³-hybridized carbons (Fsp3) is 0.478. The average molecular weight is 477 g/mol. The maximum Gasteiger partial charge on any atom is 0.330 e. The molecule has 2 aromatic rings. The first-order chi connectivity index (χ1) is 15.9. The molecular formula is C23H33FN6O4. The first-order valence-corrected chi connectivity index (χ1v) is 11.1. The van der Waals surface area contributed by atoms with Gasteiger partial charge in [-0.25, -0.2) is 9.18 Å². The zero-order chi connectivity index (χ0) is 25.6. The fourth-order valence-electron chi connectivity index (χ4n) is 3.45. The molecule has 0 atom stereocenters. The van der Waals surface area contributed by atoms with Crippen LogP contribution in [0.2, 0.25) is 0 Å². The van der Waals surface area contributed by atoms with E-state index in [0.717, 1.165) is 0 Å². The number of carbonyl (C=O) groups excluding carboxylic acids is 2. The number of hydrogen-bond donors (Lipinski definition) is 3. The van der Waals surface area contributed by atoms with Gasteiger partial charge < -0.3 is 16.0 Å². The minimum Gasteiger partial charge on any atom is -0.383 e. The summed E-state index contributed by atoms with van der Waals surface area (Å²) in [6.07, 6.45) is 0. The van der Waals surface area contributed by atoms with Gasteiger partial charge in [0, 0.05) is 18.8 Å². The average Bonchev–Trinajstić information content (AvgIpc) is 2.69. The molecule has 10 nitrogen and oxygen atoms in total. The van der Waals surface area contributed by atoms with E-state index in [1.807, 2.05) is 27.7 Å². The molecule has 0 bridgehead atoms. The van der Waals surface area contributed by atoms with E-state index in [9.17, 15) is 23.6 Å². The highest BCUT2D eigenvalue weighted by Crippen LogP contribution is 2.19. The van der Waals surface area contributed by atoms with Crippen molar-refractivity contribution in [1.29, 1.82) is 0 Å². The van der Waals surface area contributed by atoms with Crippen LogP contribution < -0.4 is 27.2 Å². The number of aromatic amines is 1. The van der Waals surface area contributed by atoms with Crippen LogP contribution in [-0.4, -0.2) is 52.9 Å². The van der Waals surface area contributed by atoms with Crippen molar-refractivity contribution in [2.45, 2.75) is 34.2 Å². The molecule has 0 aliphatic heterocycles.